The molecule has 2 saturated heterocycles. The smallest absolute Gasteiger partial charge is 0.267 e. The fourth-order valence-electron chi connectivity index (χ4n) is 3.64. The van der Waals surface area contributed by atoms with Gasteiger partial charge in [-0.05, 0) is 42.7 Å². The number of carbonyl (C=O) groups excluding carboxylic acids is 2. The molecule has 2 aromatic carbocycles. The van der Waals surface area contributed by atoms with Crippen molar-refractivity contribution in [3.63, 3.8) is 0 Å². The van der Waals surface area contributed by atoms with Gasteiger partial charge in [-0.2, -0.15) is 0 Å². The Labute approximate surface area is 163 Å². The number of rotatable bonds is 5. The van der Waals surface area contributed by atoms with Gasteiger partial charge in [0.05, 0.1) is 0 Å². The molecule has 140 valence electrons. The highest BCUT2D eigenvalue weighted by atomic mass is 35.5. The molecule has 5 nitrogen and oxygen atoms in total. The fourth-order valence-corrected chi connectivity index (χ4v) is 3.76. The third kappa shape index (κ3) is 3.65. The number of likely N-dealkylation sites (tertiary alicyclic amines) is 2. The summed E-state index contributed by atoms with van der Waals surface area (Å²) < 4.78 is 5.88. The maximum atomic E-state index is 13.1. The third-order valence-electron chi connectivity index (χ3n) is 5.09. The Morgan fingerprint density at radius 3 is 2.37 bits per heavy atom. The predicted octanol–water partition coefficient (Wildman–Crippen LogP) is 3.12. The molecule has 4 rings (SSSR count). The molecular formula is C21H21ClN2O3. The molecule has 2 aliphatic heterocycles. The van der Waals surface area contributed by atoms with Crippen molar-refractivity contribution in [2.75, 3.05) is 13.1 Å². The Morgan fingerprint density at radius 1 is 1.04 bits per heavy atom. The van der Waals surface area contributed by atoms with Crippen molar-refractivity contribution < 1.29 is 14.3 Å². The summed E-state index contributed by atoms with van der Waals surface area (Å²) >= 11 is 5.91. The minimum absolute atomic E-state index is 0.0259. The minimum Gasteiger partial charge on any atom is -0.478 e. The zero-order chi connectivity index (χ0) is 18.8. The summed E-state index contributed by atoms with van der Waals surface area (Å²) in [5.41, 5.74) is 0.995. The van der Waals surface area contributed by atoms with Crippen LogP contribution in [0.3, 0.4) is 0 Å². The van der Waals surface area contributed by atoms with E-state index in [-0.39, 0.29) is 11.8 Å². The molecule has 0 radical (unpaired) electrons. The van der Waals surface area contributed by atoms with E-state index in [1.807, 2.05) is 35.2 Å². The molecule has 0 N–H and O–H groups in total. The average molecular weight is 385 g/mol. The summed E-state index contributed by atoms with van der Waals surface area (Å²) in [6.07, 6.45) is 1.23. The molecule has 2 fully saturated rings. The largest absolute Gasteiger partial charge is 0.478 e. The second-order valence-electron chi connectivity index (χ2n) is 6.92. The molecule has 0 bridgehead atoms. The van der Waals surface area contributed by atoms with E-state index in [1.165, 1.54) is 0 Å². The molecule has 0 saturated carbocycles. The number of benzene rings is 2. The highest BCUT2D eigenvalue weighted by Crippen LogP contribution is 2.30. The van der Waals surface area contributed by atoms with Crippen LogP contribution >= 0.6 is 11.6 Å². The van der Waals surface area contributed by atoms with Crippen molar-refractivity contribution in [2.45, 2.75) is 31.5 Å². The van der Waals surface area contributed by atoms with Crippen LogP contribution in [0, 0.1) is 0 Å². The lowest BCUT2D eigenvalue weighted by molar-refractivity contribution is -0.174. The van der Waals surface area contributed by atoms with Crippen molar-refractivity contribution >= 4 is 23.4 Å². The van der Waals surface area contributed by atoms with Crippen molar-refractivity contribution in [3.8, 4) is 5.75 Å². The summed E-state index contributed by atoms with van der Waals surface area (Å²) in [7, 11) is 0. The van der Waals surface area contributed by atoms with Crippen LogP contribution in [-0.4, -0.2) is 46.8 Å². The number of hydrogen-bond acceptors (Lipinski definition) is 3. The quantitative estimate of drug-likeness (QED) is 0.744. The van der Waals surface area contributed by atoms with Gasteiger partial charge >= 0.3 is 0 Å². The molecule has 0 unspecified atom stereocenters. The Balaban J connectivity index is 1.54. The first-order chi connectivity index (χ1) is 13.1. The molecule has 0 spiro atoms. The SMILES string of the molecule is O=C([C@@H]1[C@H](Oc2ccc(Cl)cc2)C(=O)N1Cc1ccccc1)N1CCCC1. The van der Waals surface area contributed by atoms with Gasteiger partial charge in [0.2, 0.25) is 12.0 Å². The van der Waals surface area contributed by atoms with Gasteiger partial charge in [0.15, 0.2) is 6.04 Å². The molecule has 0 aliphatic carbocycles. The summed E-state index contributed by atoms with van der Waals surface area (Å²) in [5, 5.41) is 0.595. The van der Waals surface area contributed by atoms with E-state index in [0.717, 1.165) is 31.5 Å². The lowest BCUT2D eigenvalue weighted by atomic mass is 9.95. The van der Waals surface area contributed by atoms with Crippen LogP contribution in [0.2, 0.25) is 5.02 Å². The van der Waals surface area contributed by atoms with E-state index in [0.29, 0.717) is 17.3 Å². The third-order valence-corrected chi connectivity index (χ3v) is 5.34. The summed E-state index contributed by atoms with van der Waals surface area (Å²) in [4.78, 5) is 29.3. The lowest BCUT2D eigenvalue weighted by Crippen LogP contribution is -2.71. The van der Waals surface area contributed by atoms with Crippen LogP contribution in [0.25, 0.3) is 0 Å². The number of β-lactam (4-membered cyclic amide) rings is 1. The molecule has 6 heteroatoms. The Hall–Kier alpha value is -2.53. The maximum absolute atomic E-state index is 13.1. The van der Waals surface area contributed by atoms with Crippen LogP contribution in [0.5, 0.6) is 5.75 Å². The van der Waals surface area contributed by atoms with Gasteiger partial charge in [-0.25, -0.2) is 0 Å². The summed E-state index contributed by atoms with van der Waals surface area (Å²) in [6, 6.07) is 16.0. The molecule has 0 aromatic heterocycles. The van der Waals surface area contributed by atoms with E-state index in [1.54, 1.807) is 29.2 Å². The first kappa shape index (κ1) is 17.9. The van der Waals surface area contributed by atoms with Gasteiger partial charge in [0, 0.05) is 24.7 Å². The van der Waals surface area contributed by atoms with E-state index >= 15 is 0 Å². The highest BCUT2D eigenvalue weighted by molar-refractivity contribution is 6.30. The standard InChI is InChI=1S/C21H21ClN2O3/c22-16-8-10-17(11-9-16)27-19-18(20(25)23-12-4-5-13-23)24(21(19)26)14-15-6-2-1-3-7-15/h1-3,6-11,18-19H,4-5,12-14H2/t18-,19-/m0/s1. The van der Waals surface area contributed by atoms with Crippen LogP contribution in [0.15, 0.2) is 54.6 Å². The number of amides is 2. The van der Waals surface area contributed by atoms with Crippen molar-refractivity contribution in [3.05, 3.63) is 65.2 Å². The van der Waals surface area contributed by atoms with Crippen molar-refractivity contribution in [1.82, 2.24) is 9.80 Å². The van der Waals surface area contributed by atoms with Crippen LogP contribution in [0.4, 0.5) is 0 Å². The number of carbonyl (C=O) groups is 2. The number of nitrogens with zero attached hydrogens (tertiary/aromatic N) is 2. The predicted molar refractivity (Wildman–Crippen MR) is 102 cm³/mol. The molecule has 2 aliphatic rings. The van der Waals surface area contributed by atoms with E-state index < -0.39 is 12.1 Å². The van der Waals surface area contributed by atoms with Crippen LogP contribution in [0.1, 0.15) is 18.4 Å². The normalized spacial score (nSPS) is 21.9. The van der Waals surface area contributed by atoms with Gasteiger partial charge in [0.1, 0.15) is 5.75 Å². The number of hydrogen-bond donors (Lipinski definition) is 0. The average Bonchev–Trinajstić information content (AvgIpc) is 3.23. The van der Waals surface area contributed by atoms with E-state index in [2.05, 4.69) is 0 Å². The minimum atomic E-state index is -0.789. The van der Waals surface area contributed by atoms with Gasteiger partial charge in [-0.1, -0.05) is 41.9 Å². The van der Waals surface area contributed by atoms with Crippen LogP contribution < -0.4 is 4.74 Å². The topological polar surface area (TPSA) is 49.9 Å². The maximum Gasteiger partial charge on any atom is 0.267 e. The molecule has 2 aromatic rings. The second kappa shape index (κ2) is 7.61. The Morgan fingerprint density at radius 2 is 1.70 bits per heavy atom. The number of ether oxygens (including phenoxy) is 1. The zero-order valence-electron chi connectivity index (χ0n) is 14.9. The van der Waals surface area contributed by atoms with Crippen LogP contribution in [-0.2, 0) is 16.1 Å². The molecule has 2 amide bonds. The monoisotopic (exact) mass is 384 g/mol. The molecule has 27 heavy (non-hydrogen) atoms. The summed E-state index contributed by atoms with van der Waals surface area (Å²) in [5.74, 6) is 0.352. The second-order valence-corrected chi connectivity index (χ2v) is 7.36. The number of halogens is 1. The van der Waals surface area contributed by atoms with Gasteiger partial charge < -0.3 is 14.5 Å². The first-order valence-electron chi connectivity index (χ1n) is 9.19. The zero-order valence-corrected chi connectivity index (χ0v) is 15.6. The highest BCUT2D eigenvalue weighted by Gasteiger charge is 2.54. The Kier molecular flexibility index (Phi) is 5.03. The Bertz CT molecular complexity index is 819. The molecular weight excluding hydrogens is 364 g/mol. The molecule has 2 heterocycles. The van der Waals surface area contributed by atoms with Gasteiger partial charge in [-0.15, -0.1) is 0 Å². The van der Waals surface area contributed by atoms with E-state index in [4.69, 9.17) is 16.3 Å². The van der Waals surface area contributed by atoms with Gasteiger partial charge in [-0.3, -0.25) is 9.59 Å². The summed E-state index contributed by atoms with van der Waals surface area (Å²) in [6.45, 7) is 1.90. The van der Waals surface area contributed by atoms with Gasteiger partial charge in [0.25, 0.3) is 5.91 Å². The van der Waals surface area contributed by atoms with Crippen molar-refractivity contribution in [2.24, 2.45) is 0 Å². The first-order valence-corrected chi connectivity index (χ1v) is 9.57. The van der Waals surface area contributed by atoms with Crippen molar-refractivity contribution in [1.29, 1.82) is 0 Å². The fraction of sp³-hybridized carbons (Fsp3) is 0.333. The van der Waals surface area contributed by atoms with E-state index in [9.17, 15) is 9.59 Å². The lowest BCUT2D eigenvalue weighted by Gasteiger charge is -2.46. The molecule has 2 atom stereocenters.